The highest BCUT2D eigenvalue weighted by atomic mass is 16.1. The number of hydrogen-bond donors (Lipinski definition) is 2. The first-order chi connectivity index (χ1) is 11.2. The number of hydrogen-bond acceptors (Lipinski definition) is 2. The summed E-state index contributed by atoms with van der Waals surface area (Å²) in [5.41, 5.74) is 8.32. The Bertz CT molecular complexity index is 549. The van der Waals surface area contributed by atoms with Crippen LogP contribution < -0.4 is 11.1 Å². The van der Waals surface area contributed by atoms with E-state index < -0.39 is 0 Å². The Morgan fingerprint density at radius 2 is 1.92 bits per heavy atom. The van der Waals surface area contributed by atoms with Gasteiger partial charge in [0.15, 0.2) is 0 Å². The molecule has 1 aliphatic heterocycles. The van der Waals surface area contributed by atoms with Gasteiger partial charge in [-0.05, 0) is 70.8 Å². The van der Waals surface area contributed by atoms with E-state index >= 15 is 0 Å². The second-order valence-electron chi connectivity index (χ2n) is 8.41. The zero-order chi connectivity index (χ0) is 17.8. The minimum Gasteiger partial charge on any atom is -0.370 e. The zero-order valence-electron chi connectivity index (χ0n) is 15.8. The molecule has 2 rings (SSSR count). The highest BCUT2D eigenvalue weighted by Crippen LogP contribution is 2.39. The zero-order valence-corrected chi connectivity index (χ0v) is 15.8. The molecule has 0 aromatic heterocycles. The standard InChI is InChI=1S/C21H34N2O/c1-5-21(13-12-19(22)24)15-18(14-20(3,4)23-21)11-10-17-8-6-16(2)7-9-17/h6-9,18,23H,5,10-15H2,1-4H3,(H2,22,24). The van der Waals surface area contributed by atoms with Crippen LogP contribution in [0.25, 0.3) is 0 Å². The lowest BCUT2D eigenvalue weighted by Crippen LogP contribution is -2.60. The molecular formula is C21H34N2O. The van der Waals surface area contributed by atoms with Crippen LogP contribution in [-0.2, 0) is 11.2 Å². The predicted molar refractivity (Wildman–Crippen MR) is 101 cm³/mol. The molecule has 0 saturated carbocycles. The third kappa shape index (κ3) is 5.34. The van der Waals surface area contributed by atoms with Crippen molar-refractivity contribution in [1.82, 2.24) is 5.32 Å². The summed E-state index contributed by atoms with van der Waals surface area (Å²) in [5, 5.41) is 3.84. The van der Waals surface area contributed by atoms with Crippen LogP contribution in [0.4, 0.5) is 0 Å². The molecule has 2 atom stereocenters. The fourth-order valence-electron chi connectivity index (χ4n) is 4.43. The van der Waals surface area contributed by atoms with Crippen LogP contribution >= 0.6 is 0 Å². The smallest absolute Gasteiger partial charge is 0.217 e. The lowest BCUT2D eigenvalue weighted by atomic mass is 9.70. The Balaban J connectivity index is 2.03. The predicted octanol–water partition coefficient (Wildman–Crippen LogP) is 4.12. The van der Waals surface area contributed by atoms with Crippen LogP contribution in [0.2, 0.25) is 0 Å². The van der Waals surface area contributed by atoms with Crippen molar-refractivity contribution >= 4 is 5.91 Å². The van der Waals surface area contributed by atoms with Gasteiger partial charge < -0.3 is 11.1 Å². The average molecular weight is 331 g/mol. The average Bonchev–Trinajstić information content (AvgIpc) is 2.51. The topological polar surface area (TPSA) is 55.1 Å². The quantitative estimate of drug-likeness (QED) is 0.790. The van der Waals surface area contributed by atoms with Crippen molar-refractivity contribution in [3.63, 3.8) is 0 Å². The van der Waals surface area contributed by atoms with Crippen molar-refractivity contribution in [2.75, 3.05) is 0 Å². The maximum Gasteiger partial charge on any atom is 0.217 e. The van der Waals surface area contributed by atoms with Gasteiger partial charge in [0, 0.05) is 17.5 Å². The molecule has 0 bridgehead atoms. The molecule has 1 aromatic rings. The monoisotopic (exact) mass is 330 g/mol. The number of carbonyl (C=O) groups is 1. The van der Waals surface area contributed by atoms with Crippen molar-refractivity contribution in [3.8, 4) is 0 Å². The molecule has 1 saturated heterocycles. The molecule has 3 N–H and O–H groups in total. The summed E-state index contributed by atoms with van der Waals surface area (Å²) in [6.07, 6.45) is 7.06. The molecule has 1 amide bonds. The number of carbonyl (C=O) groups excluding carboxylic acids is 1. The largest absolute Gasteiger partial charge is 0.370 e. The van der Waals surface area contributed by atoms with Gasteiger partial charge in [-0.3, -0.25) is 4.79 Å². The third-order valence-corrected chi connectivity index (χ3v) is 5.57. The van der Waals surface area contributed by atoms with Crippen LogP contribution in [0.3, 0.4) is 0 Å². The number of nitrogens with two attached hydrogens (primary N) is 1. The van der Waals surface area contributed by atoms with E-state index in [1.54, 1.807) is 0 Å². The van der Waals surface area contributed by atoms with Gasteiger partial charge >= 0.3 is 0 Å². The molecule has 1 heterocycles. The number of primary amides is 1. The molecular weight excluding hydrogens is 296 g/mol. The van der Waals surface area contributed by atoms with E-state index in [1.807, 2.05) is 0 Å². The van der Waals surface area contributed by atoms with Gasteiger partial charge in [-0.1, -0.05) is 36.8 Å². The molecule has 134 valence electrons. The molecule has 3 heteroatoms. The summed E-state index contributed by atoms with van der Waals surface area (Å²) in [6.45, 7) is 8.94. The number of rotatable bonds is 7. The maximum atomic E-state index is 11.3. The lowest BCUT2D eigenvalue weighted by Gasteiger charge is -2.50. The van der Waals surface area contributed by atoms with Gasteiger partial charge in [-0.25, -0.2) is 0 Å². The Kier molecular flexibility index (Phi) is 6.08. The van der Waals surface area contributed by atoms with Gasteiger partial charge in [0.05, 0.1) is 0 Å². The minimum atomic E-state index is -0.191. The molecule has 0 aliphatic carbocycles. The van der Waals surface area contributed by atoms with E-state index in [-0.39, 0.29) is 17.0 Å². The highest BCUT2D eigenvalue weighted by molar-refractivity contribution is 5.73. The van der Waals surface area contributed by atoms with E-state index in [1.165, 1.54) is 24.0 Å². The number of amides is 1. The lowest BCUT2D eigenvalue weighted by molar-refractivity contribution is -0.118. The van der Waals surface area contributed by atoms with Gasteiger partial charge in [-0.15, -0.1) is 0 Å². The second kappa shape index (κ2) is 7.69. The van der Waals surface area contributed by atoms with Crippen LogP contribution in [-0.4, -0.2) is 17.0 Å². The summed E-state index contributed by atoms with van der Waals surface area (Å²) in [6, 6.07) is 8.90. The van der Waals surface area contributed by atoms with Crippen LogP contribution in [0.15, 0.2) is 24.3 Å². The van der Waals surface area contributed by atoms with E-state index in [0.717, 1.165) is 25.7 Å². The maximum absolute atomic E-state index is 11.3. The Morgan fingerprint density at radius 1 is 1.25 bits per heavy atom. The normalized spacial score (nSPS) is 26.2. The first-order valence-electron chi connectivity index (χ1n) is 9.37. The number of nitrogens with one attached hydrogen (secondary N) is 1. The summed E-state index contributed by atoms with van der Waals surface area (Å²) < 4.78 is 0. The van der Waals surface area contributed by atoms with Gasteiger partial charge in [0.25, 0.3) is 0 Å². The van der Waals surface area contributed by atoms with Gasteiger partial charge in [0.2, 0.25) is 5.91 Å². The van der Waals surface area contributed by atoms with E-state index in [0.29, 0.717) is 12.3 Å². The molecule has 1 fully saturated rings. The highest BCUT2D eigenvalue weighted by Gasteiger charge is 2.41. The number of aryl methyl sites for hydroxylation is 2. The van der Waals surface area contributed by atoms with Crippen LogP contribution in [0.5, 0.6) is 0 Å². The summed E-state index contributed by atoms with van der Waals surface area (Å²) >= 11 is 0. The van der Waals surface area contributed by atoms with E-state index in [2.05, 4.69) is 57.3 Å². The summed E-state index contributed by atoms with van der Waals surface area (Å²) in [4.78, 5) is 11.3. The van der Waals surface area contributed by atoms with E-state index in [4.69, 9.17) is 5.73 Å². The first-order valence-corrected chi connectivity index (χ1v) is 9.37. The van der Waals surface area contributed by atoms with Crippen molar-refractivity contribution in [2.24, 2.45) is 11.7 Å². The van der Waals surface area contributed by atoms with E-state index in [9.17, 15) is 4.79 Å². The van der Waals surface area contributed by atoms with Crippen molar-refractivity contribution < 1.29 is 4.79 Å². The van der Waals surface area contributed by atoms with Crippen LogP contribution in [0, 0.1) is 12.8 Å². The summed E-state index contributed by atoms with van der Waals surface area (Å²) in [5.74, 6) is 0.500. The second-order valence-corrected chi connectivity index (χ2v) is 8.41. The molecule has 0 spiro atoms. The Morgan fingerprint density at radius 3 is 2.50 bits per heavy atom. The molecule has 0 radical (unpaired) electrons. The van der Waals surface area contributed by atoms with Crippen molar-refractivity contribution in [2.45, 2.75) is 83.7 Å². The molecule has 1 aromatic carbocycles. The number of piperidine rings is 1. The molecule has 24 heavy (non-hydrogen) atoms. The summed E-state index contributed by atoms with van der Waals surface area (Å²) in [7, 11) is 0. The molecule has 2 unspecified atom stereocenters. The Hall–Kier alpha value is -1.35. The minimum absolute atomic E-state index is 0.0503. The fourth-order valence-corrected chi connectivity index (χ4v) is 4.43. The SMILES string of the molecule is CCC1(CCC(N)=O)CC(CCc2ccc(C)cc2)CC(C)(C)N1. The number of benzene rings is 1. The third-order valence-electron chi connectivity index (χ3n) is 5.57. The van der Waals surface area contributed by atoms with Gasteiger partial charge in [0.1, 0.15) is 0 Å². The molecule has 1 aliphatic rings. The van der Waals surface area contributed by atoms with Crippen molar-refractivity contribution in [1.29, 1.82) is 0 Å². The first kappa shape index (κ1) is 19.0. The van der Waals surface area contributed by atoms with Gasteiger partial charge in [-0.2, -0.15) is 0 Å². The Labute approximate surface area is 147 Å². The van der Waals surface area contributed by atoms with Crippen LogP contribution in [0.1, 0.15) is 70.4 Å². The fraction of sp³-hybridized carbons (Fsp3) is 0.667. The molecule has 3 nitrogen and oxygen atoms in total. The van der Waals surface area contributed by atoms with Crippen molar-refractivity contribution in [3.05, 3.63) is 35.4 Å².